The quantitative estimate of drug-likeness (QED) is 0.493. The van der Waals surface area contributed by atoms with E-state index in [1.807, 2.05) is 11.0 Å². The van der Waals surface area contributed by atoms with Crippen molar-refractivity contribution in [3.63, 3.8) is 0 Å². The van der Waals surface area contributed by atoms with Crippen molar-refractivity contribution in [2.45, 2.75) is 0 Å². The number of aliphatic hydroxyl groups excluding tert-OH is 2. The van der Waals surface area contributed by atoms with E-state index in [1.165, 1.54) is 0 Å². The maximum absolute atomic E-state index is 8.76. The van der Waals surface area contributed by atoms with E-state index < -0.39 is 0 Å². The highest BCUT2D eigenvalue weighted by Gasteiger charge is 2.05. The number of anilines is 2. The maximum atomic E-state index is 8.76. The van der Waals surface area contributed by atoms with E-state index in [4.69, 9.17) is 15.9 Å². The van der Waals surface area contributed by atoms with E-state index in [0.29, 0.717) is 18.9 Å². The number of aromatic nitrogens is 1. The van der Waals surface area contributed by atoms with Crippen LogP contribution in [-0.4, -0.2) is 41.5 Å². The normalized spacial score (nSPS) is 10.3. The number of aromatic amines is 1. The molecule has 0 aliphatic heterocycles. The Hall–Kier alpha value is -1.20. The van der Waals surface area contributed by atoms with Gasteiger partial charge in [0, 0.05) is 13.1 Å². The standard InChI is InChI=1S/C8H15N3O2/c9-7-1-2-8(10-7)11(3-5-12)4-6-13/h1-2,10,12-13H,3-6,9H2. The second kappa shape index (κ2) is 4.74. The smallest absolute Gasteiger partial charge is 0.107 e. The Labute approximate surface area is 76.8 Å². The average molecular weight is 185 g/mol. The third kappa shape index (κ3) is 2.64. The Kier molecular flexibility index (Phi) is 3.60. The number of nitrogens with two attached hydrogens (primary N) is 1. The Bertz CT molecular complexity index is 243. The van der Waals surface area contributed by atoms with Crippen LogP contribution < -0.4 is 10.6 Å². The summed E-state index contributed by atoms with van der Waals surface area (Å²) < 4.78 is 0. The molecule has 1 rings (SSSR count). The number of nitrogen functional groups attached to an aromatic ring is 1. The molecular weight excluding hydrogens is 170 g/mol. The number of nitrogens with zero attached hydrogens (tertiary/aromatic N) is 1. The van der Waals surface area contributed by atoms with E-state index in [9.17, 15) is 0 Å². The van der Waals surface area contributed by atoms with E-state index in [2.05, 4.69) is 4.98 Å². The molecule has 0 radical (unpaired) electrons. The Balaban J connectivity index is 2.63. The van der Waals surface area contributed by atoms with Crippen molar-refractivity contribution in [3.8, 4) is 0 Å². The first-order valence-electron chi connectivity index (χ1n) is 4.19. The van der Waals surface area contributed by atoms with E-state index >= 15 is 0 Å². The zero-order valence-electron chi connectivity index (χ0n) is 7.40. The number of aliphatic hydroxyl groups is 2. The lowest BCUT2D eigenvalue weighted by Crippen LogP contribution is -2.29. The molecule has 0 spiro atoms. The van der Waals surface area contributed by atoms with E-state index in [0.717, 1.165) is 5.82 Å². The predicted molar refractivity (Wildman–Crippen MR) is 51.6 cm³/mol. The number of hydrogen-bond acceptors (Lipinski definition) is 4. The summed E-state index contributed by atoms with van der Waals surface area (Å²) in [6, 6.07) is 3.57. The molecule has 0 atom stereocenters. The van der Waals surface area contributed by atoms with E-state index in [-0.39, 0.29) is 13.2 Å². The molecule has 5 N–H and O–H groups in total. The third-order valence-corrected chi connectivity index (χ3v) is 1.77. The van der Waals surface area contributed by atoms with Gasteiger partial charge in [0.25, 0.3) is 0 Å². The minimum Gasteiger partial charge on any atom is -0.395 e. The van der Waals surface area contributed by atoms with E-state index in [1.54, 1.807) is 6.07 Å². The molecule has 1 aromatic heterocycles. The average Bonchev–Trinajstić information content (AvgIpc) is 2.51. The van der Waals surface area contributed by atoms with Crippen LogP contribution in [0.2, 0.25) is 0 Å². The lowest BCUT2D eigenvalue weighted by molar-refractivity contribution is 0.281. The van der Waals surface area contributed by atoms with Crippen molar-refractivity contribution in [3.05, 3.63) is 12.1 Å². The molecule has 74 valence electrons. The van der Waals surface area contributed by atoms with Crippen molar-refractivity contribution in [1.29, 1.82) is 0 Å². The fraction of sp³-hybridized carbons (Fsp3) is 0.500. The zero-order valence-corrected chi connectivity index (χ0v) is 7.40. The van der Waals surface area contributed by atoms with Crippen LogP contribution in [0.15, 0.2) is 12.1 Å². The molecule has 0 saturated carbocycles. The monoisotopic (exact) mass is 185 g/mol. The molecule has 0 aliphatic carbocycles. The molecule has 0 aromatic carbocycles. The van der Waals surface area contributed by atoms with Gasteiger partial charge in [-0.05, 0) is 12.1 Å². The Morgan fingerprint density at radius 3 is 2.23 bits per heavy atom. The van der Waals surface area contributed by atoms with Crippen LogP contribution in [0, 0.1) is 0 Å². The lowest BCUT2D eigenvalue weighted by Gasteiger charge is -2.20. The third-order valence-electron chi connectivity index (χ3n) is 1.77. The van der Waals surface area contributed by atoms with Crippen LogP contribution in [-0.2, 0) is 0 Å². The first-order valence-corrected chi connectivity index (χ1v) is 4.19. The Morgan fingerprint density at radius 1 is 1.23 bits per heavy atom. The summed E-state index contributed by atoms with van der Waals surface area (Å²) in [4.78, 5) is 4.76. The molecule has 0 fully saturated rings. The number of H-pyrrole nitrogens is 1. The van der Waals surface area contributed by atoms with Gasteiger partial charge in [-0.25, -0.2) is 0 Å². The van der Waals surface area contributed by atoms with Gasteiger partial charge >= 0.3 is 0 Å². The van der Waals surface area contributed by atoms with Crippen LogP contribution in [0.25, 0.3) is 0 Å². The molecule has 5 heteroatoms. The van der Waals surface area contributed by atoms with Gasteiger partial charge in [0.2, 0.25) is 0 Å². The number of rotatable bonds is 5. The molecule has 0 bridgehead atoms. The van der Waals surface area contributed by atoms with Gasteiger partial charge in [-0.1, -0.05) is 0 Å². The van der Waals surface area contributed by atoms with Crippen LogP contribution in [0.3, 0.4) is 0 Å². The minimum atomic E-state index is 0.0545. The molecule has 13 heavy (non-hydrogen) atoms. The van der Waals surface area contributed by atoms with Gasteiger partial charge < -0.3 is 25.8 Å². The fourth-order valence-electron chi connectivity index (χ4n) is 1.18. The topological polar surface area (TPSA) is 85.5 Å². The van der Waals surface area contributed by atoms with Crippen molar-refractivity contribution >= 4 is 11.6 Å². The summed E-state index contributed by atoms with van der Waals surface area (Å²) >= 11 is 0. The van der Waals surface area contributed by atoms with Crippen LogP contribution in [0.5, 0.6) is 0 Å². The Morgan fingerprint density at radius 2 is 1.85 bits per heavy atom. The largest absolute Gasteiger partial charge is 0.395 e. The molecular formula is C8H15N3O2. The SMILES string of the molecule is Nc1ccc(N(CCO)CCO)[nH]1. The van der Waals surface area contributed by atoms with Gasteiger partial charge in [0.05, 0.1) is 13.2 Å². The first-order chi connectivity index (χ1) is 6.27. The summed E-state index contributed by atoms with van der Waals surface area (Å²) in [6.07, 6.45) is 0. The van der Waals surface area contributed by atoms with Crippen molar-refractivity contribution in [2.24, 2.45) is 0 Å². The highest BCUT2D eigenvalue weighted by Crippen LogP contribution is 2.13. The summed E-state index contributed by atoms with van der Waals surface area (Å²) in [5.41, 5.74) is 5.50. The highest BCUT2D eigenvalue weighted by molar-refractivity contribution is 5.47. The van der Waals surface area contributed by atoms with Gasteiger partial charge in [0.15, 0.2) is 0 Å². The summed E-state index contributed by atoms with van der Waals surface area (Å²) in [7, 11) is 0. The highest BCUT2D eigenvalue weighted by atomic mass is 16.3. The van der Waals surface area contributed by atoms with Crippen LogP contribution in [0.4, 0.5) is 11.6 Å². The number of hydrogen-bond donors (Lipinski definition) is 4. The van der Waals surface area contributed by atoms with Crippen molar-refractivity contribution < 1.29 is 10.2 Å². The maximum Gasteiger partial charge on any atom is 0.107 e. The molecule has 1 aromatic rings. The minimum absolute atomic E-state index is 0.0545. The van der Waals surface area contributed by atoms with Crippen molar-refractivity contribution in [2.75, 3.05) is 36.9 Å². The number of nitrogens with one attached hydrogen (secondary N) is 1. The van der Waals surface area contributed by atoms with Gasteiger partial charge in [0.1, 0.15) is 11.6 Å². The van der Waals surface area contributed by atoms with Crippen LogP contribution in [0.1, 0.15) is 0 Å². The molecule has 0 aliphatic rings. The molecule has 1 heterocycles. The van der Waals surface area contributed by atoms with Gasteiger partial charge in [-0.2, -0.15) is 0 Å². The summed E-state index contributed by atoms with van der Waals surface area (Å²) in [5, 5.41) is 17.5. The second-order valence-electron chi connectivity index (χ2n) is 2.73. The van der Waals surface area contributed by atoms with Crippen LogP contribution >= 0.6 is 0 Å². The molecule has 0 amide bonds. The molecule has 0 unspecified atom stereocenters. The fourth-order valence-corrected chi connectivity index (χ4v) is 1.18. The zero-order chi connectivity index (χ0) is 9.68. The van der Waals surface area contributed by atoms with Gasteiger partial charge in [-0.3, -0.25) is 0 Å². The lowest BCUT2D eigenvalue weighted by atomic mass is 10.4. The molecule has 0 saturated heterocycles. The second-order valence-corrected chi connectivity index (χ2v) is 2.73. The van der Waals surface area contributed by atoms with Crippen molar-refractivity contribution in [1.82, 2.24) is 4.98 Å². The summed E-state index contributed by atoms with van der Waals surface area (Å²) in [5.74, 6) is 1.40. The van der Waals surface area contributed by atoms with Gasteiger partial charge in [-0.15, -0.1) is 0 Å². The summed E-state index contributed by atoms with van der Waals surface area (Å²) in [6.45, 7) is 1.08. The first kappa shape index (κ1) is 9.88. The molecule has 5 nitrogen and oxygen atoms in total. The predicted octanol–water partition coefficient (Wildman–Crippen LogP) is -0.612.